The summed E-state index contributed by atoms with van der Waals surface area (Å²) >= 11 is 0. The third kappa shape index (κ3) is 3.81. The van der Waals surface area contributed by atoms with Crippen LogP contribution in [0.25, 0.3) is 22.1 Å². The Balaban J connectivity index is 1.65. The number of carbonyl (C=O) groups is 1. The number of benzene rings is 3. The maximum absolute atomic E-state index is 13.0. The summed E-state index contributed by atoms with van der Waals surface area (Å²) in [4.78, 5) is 35.9. The minimum absolute atomic E-state index is 0.0834. The highest BCUT2D eigenvalue weighted by atomic mass is 16.6. The Morgan fingerprint density at radius 1 is 1.03 bits per heavy atom. The van der Waals surface area contributed by atoms with E-state index in [0.29, 0.717) is 27.8 Å². The predicted molar refractivity (Wildman–Crippen MR) is 117 cm³/mol. The number of hydrogen-bond acceptors (Lipinski definition) is 7. The molecule has 3 aromatic carbocycles. The molecule has 8 nitrogen and oxygen atoms in total. The van der Waals surface area contributed by atoms with E-state index in [0.717, 1.165) is 0 Å². The van der Waals surface area contributed by atoms with Gasteiger partial charge in [0.25, 0.3) is 5.69 Å². The van der Waals surface area contributed by atoms with Crippen LogP contribution < -0.4 is 14.9 Å². The molecule has 160 valence electrons. The van der Waals surface area contributed by atoms with Crippen LogP contribution in [0.1, 0.15) is 15.9 Å². The van der Waals surface area contributed by atoms with E-state index in [1.807, 2.05) is 0 Å². The largest absolute Gasteiger partial charge is 0.496 e. The molecule has 0 fully saturated rings. The van der Waals surface area contributed by atoms with E-state index in [-0.39, 0.29) is 28.0 Å². The topological polar surface area (TPSA) is 109 Å². The van der Waals surface area contributed by atoms with Gasteiger partial charge in [0.1, 0.15) is 23.3 Å². The average Bonchev–Trinajstić information content (AvgIpc) is 2.79. The van der Waals surface area contributed by atoms with Crippen molar-refractivity contribution in [3.63, 3.8) is 0 Å². The van der Waals surface area contributed by atoms with E-state index < -0.39 is 10.9 Å². The van der Waals surface area contributed by atoms with Gasteiger partial charge in [0.15, 0.2) is 0 Å². The van der Waals surface area contributed by atoms with Gasteiger partial charge in [-0.2, -0.15) is 0 Å². The molecule has 0 unspecified atom stereocenters. The highest BCUT2D eigenvalue weighted by molar-refractivity contribution is 5.92. The van der Waals surface area contributed by atoms with Crippen LogP contribution in [0, 0.1) is 17.0 Å². The summed E-state index contributed by atoms with van der Waals surface area (Å²) in [6.45, 7) is 1.54. The van der Waals surface area contributed by atoms with Crippen molar-refractivity contribution in [2.24, 2.45) is 0 Å². The molecule has 0 atom stereocenters. The Kier molecular flexibility index (Phi) is 5.43. The van der Waals surface area contributed by atoms with E-state index >= 15 is 0 Å². The first kappa shape index (κ1) is 20.8. The molecule has 8 heteroatoms. The lowest BCUT2D eigenvalue weighted by atomic mass is 10.0. The fraction of sp³-hybridized carbons (Fsp3) is 0.0833. The standard InChI is InChI=1S/C24H17NO7/c1-14-11-15(7-10-20(14)25(28)29)24(27)32-16-8-9-18-22(12-16)31-13-19(23(18)26)17-5-3-4-6-21(17)30-2/h3-13H,1-2H3. The van der Waals surface area contributed by atoms with Gasteiger partial charge in [0, 0.05) is 23.3 Å². The van der Waals surface area contributed by atoms with Crippen LogP contribution in [0.3, 0.4) is 0 Å². The number of para-hydroxylation sites is 1. The Hall–Kier alpha value is -4.46. The Bertz CT molecular complexity index is 1420. The Labute approximate surface area is 181 Å². The third-order valence-electron chi connectivity index (χ3n) is 4.98. The maximum atomic E-state index is 13.0. The molecule has 4 rings (SSSR count). The zero-order valence-electron chi connectivity index (χ0n) is 17.2. The van der Waals surface area contributed by atoms with Gasteiger partial charge in [0.05, 0.1) is 28.5 Å². The number of nitro benzene ring substituents is 1. The van der Waals surface area contributed by atoms with Crippen molar-refractivity contribution < 1.29 is 23.6 Å². The van der Waals surface area contributed by atoms with Crippen molar-refractivity contribution in [2.45, 2.75) is 6.92 Å². The first-order chi connectivity index (χ1) is 15.4. The minimum Gasteiger partial charge on any atom is -0.496 e. The van der Waals surface area contributed by atoms with E-state index in [1.54, 1.807) is 31.2 Å². The molecule has 0 amide bonds. The molecular weight excluding hydrogens is 414 g/mol. The van der Waals surface area contributed by atoms with Gasteiger partial charge in [-0.3, -0.25) is 14.9 Å². The van der Waals surface area contributed by atoms with Crippen LogP contribution in [0.4, 0.5) is 5.69 Å². The number of ether oxygens (including phenoxy) is 2. The van der Waals surface area contributed by atoms with Crippen molar-refractivity contribution in [1.29, 1.82) is 0 Å². The minimum atomic E-state index is -0.685. The second kappa shape index (κ2) is 8.35. The van der Waals surface area contributed by atoms with Crippen LogP contribution in [0.5, 0.6) is 11.5 Å². The van der Waals surface area contributed by atoms with Crippen molar-refractivity contribution in [3.8, 4) is 22.6 Å². The summed E-state index contributed by atoms with van der Waals surface area (Å²) in [6, 6.07) is 15.5. The summed E-state index contributed by atoms with van der Waals surface area (Å²) in [5.41, 5.74) is 1.38. The molecular formula is C24H17NO7. The van der Waals surface area contributed by atoms with Gasteiger partial charge in [0.2, 0.25) is 5.43 Å². The normalized spacial score (nSPS) is 10.7. The second-order valence-electron chi connectivity index (χ2n) is 6.98. The molecule has 0 bridgehead atoms. The average molecular weight is 431 g/mol. The Morgan fingerprint density at radius 3 is 2.53 bits per heavy atom. The fourth-order valence-corrected chi connectivity index (χ4v) is 3.38. The number of carbonyl (C=O) groups excluding carboxylic acids is 1. The first-order valence-corrected chi connectivity index (χ1v) is 9.55. The SMILES string of the molecule is COc1ccccc1-c1coc2cc(OC(=O)c3ccc([N+](=O)[O-])c(C)c3)ccc2c1=O. The van der Waals surface area contributed by atoms with Gasteiger partial charge >= 0.3 is 5.97 Å². The smallest absolute Gasteiger partial charge is 0.343 e. The van der Waals surface area contributed by atoms with Crippen molar-refractivity contribution in [3.05, 3.63) is 98.4 Å². The van der Waals surface area contributed by atoms with Gasteiger partial charge in [-0.05, 0) is 37.3 Å². The fourth-order valence-electron chi connectivity index (χ4n) is 3.38. The van der Waals surface area contributed by atoms with Crippen molar-refractivity contribution >= 4 is 22.6 Å². The van der Waals surface area contributed by atoms with Gasteiger partial charge in [-0.1, -0.05) is 18.2 Å². The molecule has 0 aliphatic rings. The Morgan fingerprint density at radius 2 is 1.81 bits per heavy atom. The number of esters is 1. The predicted octanol–water partition coefficient (Wildman–Crippen LogP) is 4.90. The quantitative estimate of drug-likeness (QED) is 0.191. The lowest BCUT2D eigenvalue weighted by Crippen LogP contribution is -2.10. The maximum Gasteiger partial charge on any atom is 0.343 e. The highest BCUT2D eigenvalue weighted by Crippen LogP contribution is 2.29. The van der Waals surface area contributed by atoms with Crippen LogP contribution in [0.15, 0.2) is 76.1 Å². The molecule has 1 heterocycles. The lowest BCUT2D eigenvalue weighted by molar-refractivity contribution is -0.385. The highest BCUT2D eigenvalue weighted by Gasteiger charge is 2.17. The number of methoxy groups -OCH3 is 1. The summed E-state index contributed by atoms with van der Waals surface area (Å²) in [5.74, 6) is 0.0325. The molecule has 1 aromatic heterocycles. The zero-order valence-corrected chi connectivity index (χ0v) is 17.2. The summed E-state index contributed by atoms with van der Waals surface area (Å²) in [7, 11) is 1.52. The third-order valence-corrected chi connectivity index (χ3v) is 4.98. The molecule has 0 radical (unpaired) electrons. The number of fused-ring (bicyclic) bond motifs is 1. The number of nitrogens with zero attached hydrogens (tertiary/aromatic N) is 1. The van der Waals surface area contributed by atoms with Gasteiger partial charge in [-0.15, -0.1) is 0 Å². The van der Waals surface area contributed by atoms with Crippen LogP contribution in [0.2, 0.25) is 0 Å². The summed E-state index contributed by atoms with van der Waals surface area (Å²) in [5, 5.41) is 11.3. The molecule has 0 aliphatic heterocycles. The first-order valence-electron chi connectivity index (χ1n) is 9.55. The van der Waals surface area contributed by atoms with E-state index in [2.05, 4.69) is 0 Å². The van der Waals surface area contributed by atoms with Crippen molar-refractivity contribution in [1.82, 2.24) is 0 Å². The van der Waals surface area contributed by atoms with Crippen LogP contribution in [-0.4, -0.2) is 18.0 Å². The zero-order chi connectivity index (χ0) is 22.8. The number of hydrogen-bond donors (Lipinski definition) is 0. The van der Waals surface area contributed by atoms with Gasteiger partial charge in [-0.25, -0.2) is 4.79 Å². The molecule has 0 saturated carbocycles. The molecule has 0 aliphatic carbocycles. The molecule has 0 spiro atoms. The van der Waals surface area contributed by atoms with Crippen LogP contribution in [-0.2, 0) is 0 Å². The second-order valence-corrected chi connectivity index (χ2v) is 6.98. The molecule has 0 N–H and O–H groups in total. The van der Waals surface area contributed by atoms with Crippen LogP contribution >= 0.6 is 0 Å². The molecule has 32 heavy (non-hydrogen) atoms. The number of rotatable bonds is 5. The number of nitro groups is 1. The lowest BCUT2D eigenvalue weighted by Gasteiger charge is -2.09. The van der Waals surface area contributed by atoms with E-state index in [9.17, 15) is 19.7 Å². The summed E-state index contributed by atoms with van der Waals surface area (Å²) < 4.78 is 16.3. The number of aryl methyl sites for hydroxylation is 1. The van der Waals surface area contributed by atoms with E-state index in [1.165, 1.54) is 49.8 Å². The monoisotopic (exact) mass is 431 g/mol. The van der Waals surface area contributed by atoms with Crippen molar-refractivity contribution in [2.75, 3.05) is 7.11 Å². The molecule has 4 aromatic rings. The molecule has 0 saturated heterocycles. The van der Waals surface area contributed by atoms with Gasteiger partial charge < -0.3 is 13.9 Å². The summed E-state index contributed by atoms with van der Waals surface area (Å²) in [6.07, 6.45) is 1.34. The van der Waals surface area contributed by atoms with E-state index in [4.69, 9.17) is 13.9 Å².